The molecule has 0 atom stereocenters. The van der Waals surface area contributed by atoms with Gasteiger partial charge < -0.3 is 5.32 Å². The van der Waals surface area contributed by atoms with Gasteiger partial charge in [-0.25, -0.2) is 8.78 Å². The van der Waals surface area contributed by atoms with Gasteiger partial charge in [-0.3, -0.25) is 9.48 Å². The lowest BCUT2D eigenvalue weighted by atomic mass is 10.2. The molecule has 0 spiro atoms. The van der Waals surface area contributed by atoms with Crippen LogP contribution in [0.1, 0.15) is 36.6 Å². The van der Waals surface area contributed by atoms with Crippen LogP contribution in [0.3, 0.4) is 0 Å². The molecule has 3 aromatic rings. The van der Waals surface area contributed by atoms with Gasteiger partial charge in [-0.15, -0.1) is 0 Å². The number of rotatable bonds is 7. The molecule has 0 unspecified atom stereocenters. The molecule has 1 aliphatic carbocycles. The zero-order chi connectivity index (χ0) is 21.3. The summed E-state index contributed by atoms with van der Waals surface area (Å²) in [5.74, 6) is -0.156. The van der Waals surface area contributed by atoms with Crippen LogP contribution < -0.4 is 5.32 Å². The Kier molecular flexibility index (Phi) is 6.46. The van der Waals surface area contributed by atoms with Crippen LogP contribution in [-0.4, -0.2) is 15.7 Å². The Hall–Kier alpha value is -1.90. The standard InChI is InChI=1S/C21H17BrClF2N3OS/c22-18-19(21(24)25)27-28(20(18)12-5-6-12)11-17(29)26-15-3-1-2-4-16(15)30-14-9-7-13(23)8-10-14/h1-4,7-10,12,21H,5-6,11H2,(H,26,29). The molecule has 4 rings (SSSR count). The average molecular weight is 513 g/mol. The lowest BCUT2D eigenvalue weighted by Gasteiger charge is -2.12. The Labute approximate surface area is 190 Å². The van der Waals surface area contributed by atoms with Gasteiger partial charge in [0.1, 0.15) is 12.2 Å². The first-order valence-corrected chi connectivity index (χ1v) is 11.3. The van der Waals surface area contributed by atoms with Crippen molar-refractivity contribution in [2.45, 2.75) is 41.5 Å². The summed E-state index contributed by atoms with van der Waals surface area (Å²) in [6, 6.07) is 14.9. The maximum Gasteiger partial charge on any atom is 0.283 e. The first-order valence-electron chi connectivity index (χ1n) is 9.29. The van der Waals surface area contributed by atoms with Crippen LogP contribution in [-0.2, 0) is 11.3 Å². The number of carbonyl (C=O) groups excluding carboxylic acids is 1. The van der Waals surface area contributed by atoms with Crippen molar-refractivity contribution in [2.24, 2.45) is 0 Å². The third-order valence-electron chi connectivity index (χ3n) is 4.62. The van der Waals surface area contributed by atoms with Crippen LogP contribution in [0, 0.1) is 0 Å². The summed E-state index contributed by atoms with van der Waals surface area (Å²) in [6.07, 6.45) is -0.873. The first kappa shape index (κ1) is 21.3. The fraction of sp³-hybridized carbons (Fsp3) is 0.238. The molecule has 0 saturated heterocycles. The molecular formula is C21H17BrClF2N3OS. The van der Waals surface area contributed by atoms with Gasteiger partial charge in [0, 0.05) is 20.7 Å². The van der Waals surface area contributed by atoms with Gasteiger partial charge in [0.15, 0.2) is 0 Å². The minimum absolute atomic E-state index is 0.128. The normalized spacial score (nSPS) is 13.6. The lowest BCUT2D eigenvalue weighted by molar-refractivity contribution is -0.117. The largest absolute Gasteiger partial charge is 0.323 e. The van der Waals surface area contributed by atoms with Crippen molar-refractivity contribution >= 4 is 50.9 Å². The Balaban J connectivity index is 1.51. The van der Waals surface area contributed by atoms with Crippen molar-refractivity contribution in [3.63, 3.8) is 0 Å². The zero-order valence-electron chi connectivity index (χ0n) is 15.6. The number of halogens is 4. The van der Waals surface area contributed by atoms with Crippen LogP contribution in [0.4, 0.5) is 14.5 Å². The van der Waals surface area contributed by atoms with E-state index in [2.05, 4.69) is 26.3 Å². The van der Waals surface area contributed by atoms with E-state index in [9.17, 15) is 13.6 Å². The quantitative estimate of drug-likeness (QED) is 0.374. The van der Waals surface area contributed by atoms with Crippen molar-refractivity contribution in [1.82, 2.24) is 9.78 Å². The maximum atomic E-state index is 13.3. The number of hydrogen-bond donors (Lipinski definition) is 1. The first-order chi connectivity index (χ1) is 14.4. The number of carbonyl (C=O) groups is 1. The van der Waals surface area contributed by atoms with Crippen molar-refractivity contribution in [3.05, 3.63) is 69.4 Å². The maximum absolute atomic E-state index is 13.3. The lowest BCUT2D eigenvalue weighted by Crippen LogP contribution is -2.21. The van der Waals surface area contributed by atoms with E-state index in [1.165, 1.54) is 16.4 Å². The zero-order valence-corrected chi connectivity index (χ0v) is 18.8. The molecule has 1 N–H and O–H groups in total. The number of amides is 1. The summed E-state index contributed by atoms with van der Waals surface area (Å²) < 4.78 is 28.2. The summed E-state index contributed by atoms with van der Waals surface area (Å²) in [4.78, 5) is 14.6. The highest BCUT2D eigenvalue weighted by Crippen LogP contribution is 2.45. The SMILES string of the molecule is O=C(Cn1nc(C(F)F)c(Br)c1C1CC1)Nc1ccccc1Sc1ccc(Cl)cc1. The molecule has 156 valence electrons. The van der Waals surface area contributed by atoms with E-state index in [4.69, 9.17) is 11.6 Å². The number of hydrogen-bond acceptors (Lipinski definition) is 3. The number of alkyl halides is 2. The number of nitrogens with zero attached hydrogens (tertiary/aromatic N) is 2. The number of para-hydroxylation sites is 1. The molecule has 4 nitrogen and oxygen atoms in total. The third-order valence-corrected chi connectivity index (χ3v) is 6.77. The Morgan fingerprint density at radius 1 is 1.23 bits per heavy atom. The third kappa shape index (κ3) is 4.87. The van der Waals surface area contributed by atoms with E-state index < -0.39 is 6.43 Å². The number of anilines is 1. The van der Waals surface area contributed by atoms with Crippen LogP contribution in [0.25, 0.3) is 0 Å². The van der Waals surface area contributed by atoms with E-state index in [-0.39, 0.29) is 24.1 Å². The molecular weight excluding hydrogens is 496 g/mol. The predicted molar refractivity (Wildman–Crippen MR) is 118 cm³/mol. The van der Waals surface area contributed by atoms with Crippen LogP contribution >= 0.6 is 39.3 Å². The van der Waals surface area contributed by atoms with Crippen molar-refractivity contribution in [3.8, 4) is 0 Å². The highest BCUT2D eigenvalue weighted by molar-refractivity contribution is 9.10. The molecule has 0 bridgehead atoms. The smallest absolute Gasteiger partial charge is 0.283 e. The van der Waals surface area contributed by atoms with Gasteiger partial charge in [0.2, 0.25) is 5.91 Å². The molecule has 1 fully saturated rings. The average Bonchev–Trinajstić information content (AvgIpc) is 3.48. The Bertz CT molecular complexity index is 1070. The summed E-state index contributed by atoms with van der Waals surface area (Å²) >= 11 is 10.7. The molecule has 2 aromatic carbocycles. The highest BCUT2D eigenvalue weighted by atomic mass is 79.9. The minimum Gasteiger partial charge on any atom is -0.323 e. The molecule has 0 aliphatic heterocycles. The Morgan fingerprint density at radius 2 is 1.93 bits per heavy atom. The predicted octanol–water partition coefficient (Wildman–Crippen LogP) is 6.90. The van der Waals surface area contributed by atoms with Gasteiger partial charge in [0.05, 0.1) is 15.9 Å². The number of benzene rings is 2. The van der Waals surface area contributed by atoms with Crippen molar-refractivity contribution < 1.29 is 13.6 Å². The molecule has 9 heteroatoms. The van der Waals surface area contributed by atoms with Gasteiger partial charge in [0.25, 0.3) is 6.43 Å². The second kappa shape index (κ2) is 9.08. The van der Waals surface area contributed by atoms with E-state index >= 15 is 0 Å². The fourth-order valence-corrected chi connectivity index (χ4v) is 4.90. The molecule has 30 heavy (non-hydrogen) atoms. The number of nitrogens with one attached hydrogen (secondary N) is 1. The molecule has 1 aromatic heterocycles. The second-order valence-corrected chi connectivity index (χ2v) is 9.26. The van der Waals surface area contributed by atoms with Gasteiger partial charge >= 0.3 is 0 Å². The molecule has 1 heterocycles. The number of aromatic nitrogens is 2. The van der Waals surface area contributed by atoms with E-state index in [0.717, 1.165) is 22.6 Å². The van der Waals surface area contributed by atoms with Gasteiger partial charge in [-0.1, -0.05) is 35.5 Å². The monoisotopic (exact) mass is 511 g/mol. The van der Waals surface area contributed by atoms with Crippen LogP contribution in [0.5, 0.6) is 0 Å². The van der Waals surface area contributed by atoms with E-state index in [1.807, 2.05) is 36.4 Å². The van der Waals surface area contributed by atoms with Crippen molar-refractivity contribution in [1.29, 1.82) is 0 Å². The summed E-state index contributed by atoms with van der Waals surface area (Å²) in [7, 11) is 0. The van der Waals surface area contributed by atoms with Crippen LogP contribution in [0.15, 0.2) is 62.8 Å². The highest BCUT2D eigenvalue weighted by Gasteiger charge is 2.34. The van der Waals surface area contributed by atoms with Crippen LogP contribution in [0.2, 0.25) is 5.02 Å². The molecule has 0 radical (unpaired) electrons. The second-order valence-electron chi connectivity index (χ2n) is 6.92. The summed E-state index contributed by atoms with van der Waals surface area (Å²) in [5, 5.41) is 7.53. The molecule has 1 aliphatic rings. The van der Waals surface area contributed by atoms with Gasteiger partial charge in [-0.05, 0) is 65.2 Å². The molecule has 1 saturated carbocycles. The minimum atomic E-state index is -2.70. The van der Waals surface area contributed by atoms with E-state index in [1.54, 1.807) is 12.1 Å². The van der Waals surface area contributed by atoms with Crippen molar-refractivity contribution in [2.75, 3.05) is 5.32 Å². The summed E-state index contributed by atoms with van der Waals surface area (Å²) in [5.41, 5.74) is 1.00. The van der Waals surface area contributed by atoms with E-state index in [0.29, 0.717) is 20.9 Å². The Morgan fingerprint density at radius 3 is 2.60 bits per heavy atom. The molecule has 1 amide bonds. The summed E-state index contributed by atoms with van der Waals surface area (Å²) in [6.45, 7) is -0.128. The fourth-order valence-electron chi connectivity index (χ4n) is 3.09. The van der Waals surface area contributed by atoms with Gasteiger partial charge in [-0.2, -0.15) is 5.10 Å². The topological polar surface area (TPSA) is 46.9 Å².